The number of carbonyl (C=O) groups excluding carboxylic acids is 1. The number of amides is 1. The van der Waals surface area contributed by atoms with Crippen LogP contribution in [-0.4, -0.2) is 15.5 Å². The highest BCUT2D eigenvalue weighted by atomic mass is 32.1. The maximum absolute atomic E-state index is 12.8. The first-order valence-corrected chi connectivity index (χ1v) is 9.61. The summed E-state index contributed by atoms with van der Waals surface area (Å²) in [5.74, 6) is 0.184. The van der Waals surface area contributed by atoms with E-state index in [4.69, 9.17) is 0 Å². The van der Waals surface area contributed by atoms with Gasteiger partial charge in [-0.3, -0.25) is 14.2 Å². The second-order valence-electron chi connectivity index (χ2n) is 6.78. The fourth-order valence-corrected chi connectivity index (χ4v) is 4.14. The van der Waals surface area contributed by atoms with Crippen LogP contribution in [0.25, 0.3) is 20.3 Å². The van der Waals surface area contributed by atoms with E-state index in [0.717, 1.165) is 10.1 Å². The average Bonchev–Trinajstić information content (AvgIpc) is 3.04. The molecule has 2 aromatic heterocycles. The lowest BCUT2D eigenvalue weighted by Crippen LogP contribution is -2.27. The van der Waals surface area contributed by atoms with Crippen LogP contribution >= 0.6 is 11.3 Å². The maximum Gasteiger partial charge on any atom is 0.271 e. The Kier molecular flexibility index (Phi) is 4.49. The SMILES string of the molecule is CC(C)c1ccc(NC(=O)Cn2cnc3c(sc4ccccc43)c2=O)cc1. The number of carbonyl (C=O) groups is 1. The summed E-state index contributed by atoms with van der Waals surface area (Å²) in [6.07, 6.45) is 1.45. The number of benzene rings is 2. The fraction of sp³-hybridized carbons (Fsp3) is 0.190. The van der Waals surface area contributed by atoms with Crippen LogP contribution < -0.4 is 10.9 Å². The Labute approximate surface area is 160 Å². The minimum absolute atomic E-state index is 0.0675. The molecule has 0 spiro atoms. The van der Waals surface area contributed by atoms with E-state index in [1.165, 1.54) is 27.8 Å². The first kappa shape index (κ1) is 17.4. The summed E-state index contributed by atoms with van der Waals surface area (Å²) in [6, 6.07) is 15.5. The van der Waals surface area contributed by atoms with Crippen LogP contribution in [0.4, 0.5) is 5.69 Å². The molecule has 0 unspecified atom stereocenters. The van der Waals surface area contributed by atoms with Gasteiger partial charge in [0.25, 0.3) is 5.56 Å². The standard InChI is InChI=1S/C21H19N3O2S/c1-13(2)14-7-9-15(10-8-14)23-18(25)11-24-12-22-19-16-5-3-4-6-17(16)27-20(19)21(24)26/h3-10,12-13H,11H2,1-2H3,(H,23,25). The van der Waals surface area contributed by atoms with Gasteiger partial charge in [-0.1, -0.05) is 44.2 Å². The molecule has 1 N–H and O–H groups in total. The van der Waals surface area contributed by atoms with Crippen molar-refractivity contribution in [3.63, 3.8) is 0 Å². The molecule has 2 aromatic carbocycles. The molecular weight excluding hydrogens is 358 g/mol. The zero-order chi connectivity index (χ0) is 19.0. The summed E-state index contributed by atoms with van der Waals surface area (Å²) in [4.78, 5) is 29.5. The number of thiophene rings is 1. The molecule has 5 nitrogen and oxygen atoms in total. The van der Waals surface area contributed by atoms with Gasteiger partial charge in [0.1, 0.15) is 11.2 Å². The number of anilines is 1. The van der Waals surface area contributed by atoms with Crippen LogP contribution in [0.2, 0.25) is 0 Å². The van der Waals surface area contributed by atoms with Crippen LogP contribution in [-0.2, 0) is 11.3 Å². The molecule has 0 saturated heterocycles. The summed E-state index contributed by atoms with van der Waals surface area (Å²) >= 11 is 1.41. The van der Waals surface area contributed by atoms with Crippen molar-refractivity contribution in [3.8, 4) is 0 Å². The average molecular weight is 377 g/mol. The van der Waals surface area contributed by atoms with Crippen molar-refractivity contribution < 1.29 is 4.79 Å². The predicted octanol–water partition coefficient (Wildman–Crippen LogP) is 4.37. The zero-order valence-corrected chi connectivity index (χ0v) is 15.9. The van der Waals surface area contributed by atoms with Crippen LogP contribution in [0.3, 0.4) is 0 Å². The Bertz CT molecular complexity index is 1190. The molecule has 0 aliphatic rings. The van der Waals surface area contributed by atoms with Crippen molar-refractivity contribution in [2.75, 3.05) is 5.32 Å². The van der Waals surface area contributed by atoms with E-state index < -0.39 is 0 Å². The highest BCUT2D eigenvalue weighted by molar-refractivity contribution is 7.25. The van der Waals surface area contributed by atoms with Crippen molar-refractivity contribution in [2.24, 2.45) is 0 Å². The minimum Gasteiger partial charge on any atom is -0.325 e. The van der Waals surface area contributed by atoms with Gasteiger partial charge < -0.3 is 5.32 Å². The zero-order valence-electron chi connectivity index (χ0n) is 15.1. The molecule has 0 radical (unpaired) electrons. The van der Waals surface area contributed by atoms with Crippen LogP contribution in [0.5, 0.6) is 0 Å². The van der Waals surface area contributed by atoms with Crippen LogP contribution in [0, 0.1) is 0 Å². The Morgan fingerprint density at radius 1 is 1.15 bits per heavy atom. The van der Waals surface area contributed by atoms with E-state index in [9.17, 15) is 9.59 Å². The van der Waals surface area contributed by atoms with Crippen LogP contribution in [0.1, 0.15) is 25.3 Å². The van der Waals surface area contributed by atoms with E-state index >= 15 is 0 Å². The molecule has 27 heavy (non-hydrogen) atoms. The van der Waals surface area contributed by atoms with E-state index in [1.54, 1.807) is 0 Å². The molecule has 1 amide bonds. The minimum atomic E-state index is -0.253. The third-order valence-electron chi connectivity index (χ3n) is 4.53. The van der Waals surface area contributed by atoms with Crippen molar-refractivity contribution in [1.82, 2.24) is 9.55 Å². The second kappa shape index (κ2) is 6.96. The molecule has 2 heterocycles. The molecule has 6 heteroatoms. The highest BCUT2D eigenvalue weighted by Crippen LogP contribution is 2.29. The van der Waals surface area contributed by atoms with Gasteiger partial charge in [0, 0.05) is 15.8 Å². The Morgan fingerprint density at radius 2 is 1.89 bits per heavy atom. The summed E-state index contributed by atoms with van der Waals surface area (Å²) in [7, 11) is 0. The van der Waals surface area contributed by atoms with Gasteiger partial charge in [-0.2, -0.15) is 0 Å². The van der Waals surface area contributed by atoms with Gasteiger partial charge >= 0.3 is 0 Å². The monoisotopic (exact) mass is 377 g/mol. The van der Waals surface area contributed by atoms with Crippen molar-refractivity contribution in [2.45, 2.75) is 26.3 Å². The van der Waals surface area contributed by atoms with Gasteiger partial charge in [0.2, 0.25) is 5.91 Å². The van der Waals surface area contributed by atoms with E-state index in [-0.39, 0.29) is 18.0 Å². The largest absolute Gasteiger partial charge is 0.325 e. The number of nitrogens with one attached hydrogen (secondary N) is 1. The fourth-order valence-electron chi connectivity index (χ4n) is 3.03. The normalized spacial score (nSPS) is 11.4. The van der Waals surface area contributed by atoms with E-state index in [0.29, 0.717) is 21.8 Å². The molecule has 4 rings (SSSR count). The molecule has 0 aliphatic heterocycles. The maximum atomic E-state index is 12.8. The summed E-state index contributed by atoms with van der Waals surface area (Å²) in [6.45, 7) is 4.18. The molecule has 0 aliphatic carbocycles. The van der Waals surface area contributed by atoms with Crippen molar-refractivity contribution in [3.05, 3.63) is 70.8 Å². The molecule has 0 saturated carbocycles. The third-order valence-corrected chi connectivity index (χ3v) is 5.67. The van der Waals surface area contributed by atoms with Gasteiger partial charge in [0.05, 0.1) is 11.8 Å². The van der Waals surface area contributed by atoms with Crippen LogP contribution in [0.15, 0.2) is 59.7 Å². The first-order chi connectivity index (χ1) is 13.0. The topological polar surface area (TPSA) is 64.0 Å². The molecule has 0 fully saturated rings. The molecule has 0 bridgehead atoms. The van der Waals surface area contributed by atoms with E-state index in [2.05, 4.69) is 24.1 Å². The number of rotatable bonds is 4. The lowest BCUT2D eigenvalue weighted by molar-refractivity contribution is -0.116. The molecular formula is C21H19N3O2S. The Balaban J connectivity index is 1.57. The molecule has 4 aromatic rings. The summed E-state index contributed by atoms with van der Waals surface area (Å²) in [5, 5.41) is 3.80. The number of aromatic nitrogens is 2. The Morgan fingerprint density at radius 3 is 2.63 bits per heavy atom. The predicted molar refractivity (Wildman–Crippen MR) is 111 cm³/mol. The first-order valence-electron chi connectivity index (χ1n) is 8.79. The summed E-state index contributed by atoms with van der Waals surface area (Å²) < 4.78 is 2.95. The third kappa shape index (κ3) is 3.36. The lowest BCUT2D eigenvalue weighted by atomic mass is 10.0. The molecule has 0 atom stereocenters. The quantitative estimate of drug-likeness (QED) is 0.574. The van der Waals surface area contributed by atoms with Crippen molar-refractivity contribution >= 4 is 43.2 Å². The number of nitrogens with zero attached hydrogens (tertiary/aromatic N) is 2. The number of hydrogen-bond donors (Lipinski definition) is 1. The number of fused-ring (bicyclic) bond motifs is 3. The van der Waals surface area contributed by atoms with Crippen molar-refractivity contribution in [1.29, 1.82) is 0 Å². The Hall–Kier alpha value is -2.99. The smallest absolute Gasteiger partial charge is 0.271 e. The van der Waals surface area contributed by atoms with Gasteiger partial charge in [0.15, 0.2) is 0 Å². The lowest BCUT2D eigenvalue weighted by Gasteiger charge is -2.09. The van der Waals surface area contributed by atoms with Gasteiger partial charge in [-0.25, -0.2) is 4.98 Å². The second-order valence-corrected chi connectivity index (χ2v) is 7.83. The van der Waals surface area contributed by atoms with E-state index in [1.807, 2.05) is 48.5 Å². The van der Waals surface area contributed by atoms with Gasteiger partial charge in [-0.15, -0.1) is 11.3 Å². The summed E-state index contributed by atoms with van der Waals surface area (Å²) in [5.41, 5.74) is 2.44. The highest BCUT2D eigenvalue weighted by Gasteiger charge is 2.13. The van der Waals surface area contributed by atoms with Gasteiger partial charge in [-0.05, 0) is 29.7 Å². The molecule has 136 valence electrons. The number of hydrogen-bond acceptors (Lipinski definition) is 4.